The topological polar surface area (TPSA) is 115 Å². The molecule has 1 fully saturated rings. The zero-order valence-electron chi connectivity index (χ0n) is 30.5. The fraction of sp³-hybridized carbons (Fsp3) is 0.643. The van der Waals surface area contributed by atoms with Crippen LogP contribution in [-0.4, -0.2) is 33.0 Å². The number of aromatic nitrogens is 1. The van der Waals surface area contributed by atoms with Gasteiger partial charge in [0.05, 0.1) is 24.2 Å². The molecule has 5 rings (SSSR count). The minimum absolute atomic E-state index is 0.0566. The van der Waals surface area contributed by atoms with Crippen molar-refractivity contribution in [2.24, 2.45) is 11.7 Å². The van der Waals surface area contributed by atoms with Gasteiger partial charge in [-0.15, -0.1) is 0 Å². The summed E-state index contributed by atoms with van der Waals surface area (Å²) in [5, 5.41) is 1.05. The highest BCUT2D eigenvalue weighted by molar-refractivity contribution is 7.51. The van der Waals surface area contributed by atoms with E-state index in [1.807, 2.05) is 6.07 Å². The maximum Gasteiger partial charge on any atom is 0.328 e. The smallest absolute Gasteiger partial charge is 0.328 e. The zero-order chi connectivity index (χ0) is 35.2. The third kappa shape index (κ3) is 11.7. The van der Waals surface area contributed by atoms with Crippen LogP contribution in [0.25, 0.3) is 10.9 Å². The second-order valence-corrected chi connectivity index (χ2v) is 17.0. The quantitative estimate of drug-likeness (QED) is 0.114. The number of benzene rings is 2. The molecule has 2 aliphatic carbocycles. The molecule has 8 heteroatoms. The van der Waals surface area contributed by atoms with Crippen LogP contribution in [0.1, 0.15) is 150 Å². The van der Waals surface area contributed by atoms with Crippen LogP contribution >= 0.6 is 7.60 Å². The molecule has 0 aliphatic heterocycles. The summed E-state index contributed by atoms with van der Waals surface area (Å²) in [5.41, 5.74) is 12.3. The van der Waals surface area contributed by atoms with Gasteiger partial charge in [0.1, 0.15) is 5.75 Å². The summed E-state index contributed by atoms with van der Waals surface area (Å²) in [4.78, 5) is 31.9. The number of aryl methyl sites for hydroxylation is 2. The fourth-order valence-electron chi connectivity index (χ4n) is 8.63. The van der Waals surface area contributed by atoms with Crippen molar-refractivity contribution >= 4 is 24.4 Å². The molecule has 4 N–H and O–H groups in total. The largest absolute Gasteiger partial charge is 0.493 e. The number of carbonyl (C=O) groups excluding carboxylic acids is 1. The SMILES string of the molecule is NC(=O)C1CCCc2c1c1cc(OCCP(=O)(O)O)cc(CCCCCCc3ccccc3)c1n2CC1CCCCCCCCCCCCC1. The van der Waals surface area contributed by atoms with Crippen LogP contribution in [0.4, 0.5) is 0 Å². The predicted octanol–water partition coefficient (Wildman–Crippen LogP) is 10.1. The summed E-state index contributed by atoms with van der Waals surface area (Å²) in [5.74, 6) is 0.617. The Bertz CT molecular complexity index is 1520. The molecule has 0 bridgehead atoms. The van der Waals surface area contributed by atoms with Gasteiger partial charge in [0.15, 0.2) is 0 Å². The number of nitrogens with zero attached hydrogens (tertiary/aromatic N) is 1. The van der Waals surface area contributed by atoms with Gasteiger partial charge in [-0.1, -0.05) is 114 Å². The van der Waals surface area contributed by atoms with E-state index in [0.717, 1.165) is 68.9 Å². The molecule has 0 spiro atoms. The molecule has 0 saturated heterocycles. The normalized spacial score (nSPS) is 18.8. The Morgan fingerprint density at radius 2 is 1.42 bits per heavy atom. The number of unbranched alkanes of at least 4 members (excludes halogenated alkanes) is 3. The van der Waals surface area contributed by atoms with E-state index in [1.165, 1.54) is 112 Å². The van der Waals surface area contributed by atoms with E-state index in [9.17, 15) is 19.1 Å². The number of amides is 1. The van der Waals surface area contributed by atoms with Gasteiger partial charge < -0.3 is 24.8 Å². The number of hydrogen-bond acceptors (Lipinski definition) is 3. The Morgan fingerprint density at radius 1 is 0.800 bits per heavy atom. The van der Waals surface area contributed by atoms with Crippen LogP contribution in [0.15, 0.2) is 42.5 Å². The van der Waals surface area contributed by atoms with Crippen LogP contribution in [0.5, 0.6) is 5.75 Å². The Kier molecular flexibility index (Phi) is 15.3. The van der Waals surface area contributed by atoms with Gasteiger partial charge >= 0.3 is 7.60 Å². The van der Waals surface area contributed by atoms with Crippen LogP contribution in [0, 0.1) is 5.92 Å². The fourth-order valence-corrected chi connectivity index (χ4v) is 8.96. The molecule has 0 radical (unpaired) electrons. The van der Waals surface area contributed by atoms with E-state index in [4.69, 9.17) is 10.5 Å². The average molecular weight is 707 g/mol. The molecule has 7 nitrogen and oxygen atoms in total. The molecule has 1 unspecified atom stereocenters. The molecular weight excluding hydrogens is 643 g/mol. The molecule has 50 heavy (non-hydrogen) atoms. The Hall–Kier alpha value is -2.60. The van der Waals surface area contributed by atoms with E-state index in [-0.39, 0.29) is 24.6 Å². The van der Waals surface area contributed by atoms with Gasteiger partial charge in [0.25, 0.3) is 0 Å². The monoisotopic (exact) mass is 706 g/mol. The zero-order valence-corrected chi connectivity index (χ0v) is 31.4. The standard InChI is InChI=1S/C42H63N2O5P/c43-42(45)37-26-19-27-39-40(37)38-31-36(49-28-29-50(46,47)48)30-35(25-18-11-10-13-20-33-21-16-12-17-22-33)41(38)44(39)32-34-23-14-8-6-4-2-1-3-5-7-9-15-24-34/h12,16-17,21-22,30-31,34,37H,1-11,13-15,18-20,23-29,32H2,(H2,43,45)(H2,46,47,48). The molecule has 3 aromatic rings. The van der Waals surface area contributed by atoms with Crippen molar-refractivity contribution in [3.63, 3.8) is 0 Å². The molecule has 1 heterocycles. The van der Waals surface area contributed by atoms with E-state index >= 15 is 0 Å². The number of fused-ring (bicyclic) bond motifs is 3. The maximum atomic E-state index is 12.9. The van der Waals surface area contributed by atoms with Crippen molar-refractivity contribution in [2.75, 3.05) is 12.8 Å². The number of nitrogens with two attached hydrogens (primary N) is 1. The second-order valence-electron chi connectivity index (χ2n) is 15.3. The highest BCUT2D eigenvalue weighted by atomic mass is 31.2. The molecule has 1 amide bonds. The first-order chi connectivity index (χ1) is 24.3. The lowest BCUT2D eigenvalue weighted by molar-refractivity contribution is -0.119. The van der Waals surface area contributed by atoms with Gasteiger partial charge in [0.2, 0.25) is 5.91 Å². The number of carbonyl (C=O) groups is 1. The average Bonchev–Trinajstić information content (AvgIpc) is 3.41. The van der Waals surface area contributed by atoms with Gasteiger partial charge in [-0.25, -0.2) is 0 Å². The van der Waals surface area contributed by atoms with Gasteiger partial charge in [0, 0.05) is 17.6 Å². The van der Waals surface area contributed by atoms with Crippen LogP contribution in [-0.2, 0) is 35.2 Å². The summed E-state index contributed by atoms with van der Waals surface area (Å²) in [7, 11) is -4.18. The van der Waals surface area contributed by atoms with Crippen molar-refractivity contribution in [3.05, 3.63) is 64.8 Å². The van der Waals surface area contributed by atoms with Crippen molar-refractivity contribution < 1.29 is 23.9 Å². The molecule has 2 aliphatic rings. The lowest BCUT2D eigenvalue weighted by Gasteiger charge is -2.25. The summed E-state index contributed by atoms with van der Waals surface area (Å²) < 4.78 is 20.3. The molecular formula is C42H63N2O5P. The number of ether oxygens (including phenoxy) is 1. The minimum Gasteiger partial charge on any atom is -0.493 e. The molecule has 2 aromatic carbocycles. The van der Waals surface area contributed by atoms with E-state index in [1.54, 1.807) is 0 Å². The number of hydrogen-bond donors (Lipinski definition) is 3. The summed E-state index contributed by atoms with van der Waals surface area (Å²) in [6, 6.07) is 14.8. The van der Waals surface area contributed by atoms with E-state index < -0.39 is 7.60 Å². The summed E-state index contributed by atoms with van der Waals surface area (Å²) in [6.07, 6.45) is 26.1. The van der Waals surface area contributed by atoms with E-state index in [2.05, 4.69) is 41.0 Å². The lowest BCUT2D eigenvalue weighted by Crippen LogP contribution is -2.25. The van der Waals surface area contributed by atoms with Crippen molar-refractivity contribution in [1.82, 2.24) is 4.57 Å². The number of rotatable bonds is 14. The van der Waals surface area contributed by atoms with Crippen molar-refractivity contribution in [2.45, 2.75) is 154 Å². The molecule has 1 aromatic heterocycles. The number of primary amides is 1. The van der Waals surface area contributed by atoms with Crippen LogP contribution in [0.2, 0.25) is 0 Å². The summed E-state index contributed by atoms with van der Waals surface area (Å²) in [6.45, 7) is 0.915. The van der Waals surface area contributed by atoms with Crippen molar-refractivity contribution in [3.8, 4) is 5.75 Å². The molecule has 276 valence electrons. The Labute approximate surface area is 300 Å². The first-order valence-corrected chi connectivity index (χ1v) is 21.8. The van der Waals surface area contributed by atoms with Crippen LogP contribution < -0.4 is 10.5 Å². The molecule has 1 saturated carbocycles. The first-order valence-electron chi connectivity index (χ1n) is 20.0. The maximum absolute atomic E-state index is 12.9. The second kappa shape index (κ2) is 19.9. The third-order valence-electron chi connectivity index (χ3n) is 11.3. The van der Waals surface area contributed by atoms with Gasteiger partial charge in [-0.2, -0.15) is 0 Å². The predicted molar refractivity (Wildman–Crippen MR) is 205 cm³/mol. The third-order valence-corrected chi connectivity index (χ3v) is 12.0. The first kappa shape index (κ1) is 38.6. The van der Waals surface area contributed by atoms with Gasteiger partial charge in [-0.05, 0) is 92.5 Å². The molecule has 1 atom stereocenters. The minimum atomic E-state index is -4.18. The highest BCUT2D eigenvalue weighted by Gasteiger charge is 2.32. The van der Waals surface area contributed by atoms with Gasteiger partial charge in [-0.3, -0.25) is 9.36 Å². The van der Waals surface area contributed by atoms with Crippen molar-refractivity contribution in [1.29, 1.82) is 0 Å². The van der Waals surface area contributed by atoms with E-state index in [0.29, 0.717) is 11.7 Å². The van der Waals surface area contributed by atoms with Crippen LogP contribution in [0.3, 0.4) is 0 Å². The Balaban J connectivity index is 1.44. The lowest BCUT2D eigenvalue weighted by atomic mass is 9.84. The Morgan fingerprint density at radius 3 is 2.04 bits per heavy atom. The summed E-state index contributed by atoms with van der Waals surface area (Å²) >= 11 is 0. The highest BCUT2D eigenvalue weighted by Crippen LogP contribution is 2.43.